The molecule has 3 aromatic heterocycles. The van der Waals surface area contributed by atoms with Gasteiger partial charge in [0.25, 0.3) is 0 Å². The van der Waals surface area contributed by atoms with Crippen molar-refractivity contribution in [3.8, 4) is 0 Å². The Morgan fingerprint density at radius 1 is 1.36 bits per heavy atom. The zero-order valence-corrected chi connectivity index (χ0v) is 14.7. The Morgan fingerprint density at radius 3 is 3.12 bits per heavy atom. The number of hydrogen-bond acceptors (Lipinski definition) is 6. The average molecular weight is 337 g/mol. The topological polar surface area (TPSA) is 71.8 Å². The summed E-state index contributed by atoms with van der Waals surface area (Å²) in [6, 6.07) is 6.61. The average Bonchev–Trinajstić information content (AvgIpc) is 2.94. The van der Waals surface area contributed by atoms with E-state index in [0.29, 0.717) is 6.04 Å². The molecular formula is C18H23N7. The molecule has 4 heterocycles. The minimum Gasteiger partial charge on any atom is -0.354 e. The van der Waals surface area contributed by atoms with Crippen molar-refractivity contribution < 1.29 is 0 Å². The standard InChI is InChI=1S/C18H23N7/c1-13-16-9-14(11-20-18(16)24(2)23-13)10-19-15-5-4-8-25(12-15)17-6-3-7-21-22-17/h3,6-7,9,11,15,19H,4-5,8,10,12H2,1-2H3. The van der Waals surface area contributed by atoms with E-state index in [1.807, 2.05) is 37.0 Å². The van der Waals surface area contributed by atoms with Crippen molar-refractivity contribution in [2.24, 2.45) is 7.05 Å². The van der Waals surface area contributed by atoms with Gasteiger partial charge in [-0.1, -0.05) is 0 Å². The number of aromatic nitrogens is 5. The molecular weight excluding hydrogens is 314 g/mol. The molecule has 1 N–H and O–H groups in total. The van der Waals surface area contributed by atoms with Crippen LogP contribution in [-0.2, 0) is 13.6 Å². The van der Waals surface area contributed by atoms with E-state index in [1.54, 1.807) is 6.20 Å². The summed E-state index contributed by atoms with van der Waals surface area (Å²) in [7, 11) is 1.93. The number of fused-ring (bicyclic) bond motifs is 1. The molecule has 1 fully saturated rings. The van der Waals surface area contributed by atoms with Crippen molar-refractivity contribution in [1.29, 1.82) is 0 Å². The van der Waals surface area contributed by atoms with Gasteiger partial charge in [-0.3, -0.25) is 4.68 Å². The fraction of sp³-hybridized carbons (Fsp3) is 0.444. The maximum Gasteiger partial charge on any atom is 0.157 e. The van der Waals surface area contributed by atoms with Gasteiger partial charge >= 0.3 is 0 Å². The lowest BCUT2D eigenvalue weighted by Crippen LogP contribution is -2.45. The van der Waals surface area contributed by atoms with Gasteiger partial charge in [0, 0.05) is 50.5 Å². The Bertz CT molecular complexity index is 858. The van der Waals surface area contributed by atoms with E-state index < -0.39 is 0 Å². The first kappa shape index (κ1) is 16.0. The molecule has 1 saturated heterocycles. The molecule has 0 bridgehead atoms. The Labute approximate surface area is 147 Å². The van der Waals surface area contributed by atoms with E-state index in [2.05, 4.69) is 36.6 Å². The molecule has 0 spiro atoms. The third-order valence-corrected chi connectivity index (χ3v) is 4.82. The number of aryl methyl sites for hydroxylation is 2. The van der Waals surface area contributed by atoms with Crippen molar-refractivity contribution in [3.05, 3.63) is 41.9 Å². The number of nitrogens with one attached hydrogen (secondary N) is 1. The van der Waals surface area contributed by atoms with Gasteiger partial charge in [0.15, 0.2) is 11.5 Å². The van der Waals surface area contributed by atoms with Crippen LogP contribution in [0.4, 0.5) is 5.82 Å². The maximum absolute atomic E-state index is 4.56. The number of rotatable bonds is 4. The molecule has 0 aromatic carbocycles. The Hall–Kier alpha value is -2.54. The van der Waals surface area contributed by atoms with E-state index >= 15 is 0 Å². The highest BCUT2D eigenvalue weighted by atomic mass is 15.3. The van der Waals surface area contributed by atoms with Gasteiger partial charge in [-0.25, -0.2) is 4.98 Å². The van der Waals surface area contributed by atoms with Crippen LogP contribution in [0, 0.1) is 6.92 Å². The van der Waals surface area contributed by atoms with Crippen LogP contribution in [0.1, 0.15) is 24.1 Å². The molecule has 7 heteroatoms. The molecule has 1 aliphatic heterocycles. The van der Waals surface area contributed by atoms with Crippen LogP contribution >= 0.6 is 0 Å². The predicted octanol–water partition coefficient (Wildman–Crippen LogP) is 1.83. The largest absolute Gasteiger partial charge is 0.354 e. The molecule has 3 aromatic rings. The molecule has 0 saturated carbocycles. The zero-order valence-electron chi connectivity index (χ0n) is 14.7. The summed E-state index contributed by atoms with van der Waals surface area (Å²) in [5.41, 5.74) is 3.16. The smallest absolute Gasteiger partial charge is 0.157 e. The SMILES string of the molecule is Cc1nn(C)c2ncc(CNC3CCCN(c4cccnn4)C3)cc12. The Balaban J connectivity index is 1.42. The van der Waals surface area contributed by atoms with Gasteiger partial charge in [0.05, 0.1) is 5.69 Å². The fourth-order valence-electron chi connectivity index (χ4n) is 3.52. The van der Waals surface area contributed by atoms with Crippen molar-refractivity contribution >= 4 is 16.9 Å². The van der Waals surface area contributed by atoms with Crippen LogP contribution < -0.4 is 10.2 Å². The molecule has 4 rings (SSSR count). The predicted molar refractivity (Wildman–Crippen MR) is 97.4 cm³/mol. The normalized spacial score (nSPS) is 18.0. The van der Waals surface area contributed by atoms with Gasteiger partial charge in [0.1, 0.15) is 0 Å². The van der Waals surface area contributed by atoms with Crippen LogP contribution in [0.5, 0.6) is 0 Å². The lowest BCUT2D eigenvalue weighted by Gasteiger charge is -2.33. The van der Waals surface area contributed by atoms with E-state index in [4.69, 9.17) is 0 Å². The number of pyridine rings is 1. The second-order valence-electron chi connectivity index (χ2n) is 6.67. The van der Waals surface area contributed by atoms with Crippen LogP contribution in [-0.4, -0.2) is 44.1 Å². The van der Waals surface area contributed by atoms with Crippen molar-refractivity contribution in [1.82, 2.24) is 30.3 Å². The number of anilines is 1. The van der Waals surface area contributed by atoms with Crippen molar-refractivity contribution in [2.75, 3.05) is 18.0 Å². The summed E-state index contributed by atoms with van der Waals surface area (Å²) in [4.78, 5) is 6.87. The Kier molecular flexibility index (Phi) is 4.31. The monoisotopic (exact) mass is 337 g/mol. The summed E-state index contributed by atoms with van der Waals surface area (Å²) in [6.45, 7) is 4.84. The van der Waals surface area contributed by atoms with Crippen molar-refractivity contribution in [2.45, 2.75) is 32.4 Å². The molecule has 0 radical (unpaired) electrons. The summed E-state index contributed by atoms with van der Waals surface area (Å²) in [5.74, 6) is 0.961. The number of hydrogen-bond donors (Lipinski definition) is 1. The summed E-state index contributed by atoms with van der Waals surface area (Å²) >= 11 is 0. The number of nitrogens with zero attached hydrogens (tertiary/aromatic N) is 6. The van der Waals surface area contributed by atoms with Crippen LogP contribution in [0.25, 0.3) is 11.0 Å². The minimum atomic E-state index is 0.446. The van der Waals surface area contributed by atoms with Gasteiger partial charge in [-0.15, -0.1) is 5.10 Å². The highest BCUT2D eigenvalue weighted by molar-refractivity contribution is 5.78. The minimum absolute atomic E-state index is 0.446. The number of piperidine rings is 1. The van der Waals surface area contributed by atoms with E-state index in [9.17, 15) is 0 Å². The van der Waals surface area contributed by atoms with Crippen LogP contribution in [0.2, 0.25) is 0 Å². The third-order valence-electron chi connectivity index (χ3n) is 4.82. The molecule has 1 aliphatic rings. The summed E-state index contributed by atoms with van der Waals surface area (Å²) < 4.78 is 1.84. The first-order valence-electron chi connectivity index (χ1n) is 8.75. The highest BCUT2D eigenvalue weighted by Gasteiger charge is 2.20. The third kappa shape index (κ3) is 3.32. The first-order valence-corrected chi connectivity index (χ1v) is 8.75. The van der Waals surface area contributed by atoms with Gasteiger partial charge in [-0.2, -0.15) is 10.2 Å². The summed E-state index contributed by atoms with van der Waals surface area (Å²) in [6.07, 6.45) is 6.00. The maximum atomic E-state index is 4.56. The van der Waals surface area contributed by atoms with Crippen molar-refractivity contribution in [3.63, 3.8) is 0 Å². The van der Waals surface area contributed by atoms with E-state index in [0.717, 1.165) is 48.6 Å². The van der Waals surface area contributed by atoms with E-state index in [1.165, 1.54) is 12.0 Å². The molecule has 0 aliphatic carbocycles. The second kappa shape index (κ2) is 6.76. The Morgan fingerprint density at radius 2 is 2.28 bits per heavy atom. The molecule has 25 heavy (non-hydrogen) atoms. The van der Waals surface area contributed by atoms with Crippen LogP contribution in [0.3, 0.4) is 0 Å². The molecule has 1 atom stereocenters. The van der Waals surface area contributed by atoms with E-state index in [-0.39, 0.29) is 0 Å². The quantitative estimate of drug-likeness (QED) is 0.783. The van der Waals surface area contributed by atoms with Gasteiger partial charge < -0.3 is 10.2 Å². The molecule has 7 nitrogen and oxygen atoms in total. The molecule has 1 unspecified atom stereocenters. The van der Waals surface area contributed by atoms with Crippen LogP contribution in [0.15, 0.2) is 30.6 Å². The highest BCUT2D eigenvalue weighted by Crippen LogP contribution is 2.19. The van der Waals surface area contributed by atoms with Gasteiger partial charge in [0.2, 0.25) is 0 Å². The lowest BCUT2D eigenvalue weighted by molar-refractivity contribution is 0.419. The summed E-state index contributed by atoms with van der Waals surface area (Å²) in [5, 5.41) is 17.5. The lowest BCUT2D eigenvalue weighted by atomic mass is 10.1. The first-order chi connectivity index (χ1) is 12.2. The van der Waals surface area contributed by atoms with Gasteiger partial charge in [-0.05, 0) is 43.5 Å². The molecule has 0 amide bonds. The fourth-order valence-corrected chi connectivity index (χ4v) is 3.52. The molecule has 130 valence electrons. The second-order valence-corrected chi connectivity index (χ2v) is 6.67. The zero-order chi connectivity index (χ0) is 17.2.